The molecule has 144 valence electrons. The van der Waals surface area contributed by atoms with Crippen molar-refractivity contribution >= 4 is 23.6 Å². The SMILES string of the molecule is CCOC(=O)c1ccc(NC(=O)/C(C#N)=C/c2cn(C)c(=O)n(C)c2=O)cc1. The quantitative estimate of drug-likeness (QED) is 0.464. The molecule has 9 nitrogen and oxygen atoms in total. The summed E-state index contributed by atoms with van der Waals surface area (Å²) < 4.78 is 6.93. The molecule has 1 N–H and O–H groups in total. The molecular formula is C19H18N4O5. The number of benzene rings is 1. The molecule has 0 fully saturated rings. The number of carbonyl (C=O) groups excluding carboxylic acids is 2. The van der Waals surface area contributed by atoms with Crippen LogP contribution in [0.2, 0.25) is 0 Å². The first-order chi connectivity index (χ1) is 13.3. The predicted molar refractivity (Wildman–Crippen MR) is 102 cm³/mol. The van der Waals surface area contributed by atoms with Gasteiger partial charge < -0.3 is 14.6 Å². The average molecular weight is 382 g/mol. The number of aromatic nitrogens is 2. The van der Waals surface area contributed by atoms with E-state index in [1.54, 1.807) is 13.0 Å². The van der Waals surface area contributed by atoms with Gasteiger partial charge in [0.15, 0.2) is 0 Å². The number of hydrogen-bond donors (Lipinski definition) is 1. The van der Waals surface area contributed by atoms with Crippen LogP contribution in [-0.4, -0.2) is 27.6 Å². The normalized spacial score (nSPS) is 10.9. The molecule has 0 bridgehead atoms. The van der Waals surface area contributed by atoms with Crippen molar-refractivity contribution in [3.05, 3.63) is 68.0 Å². The topological polar surface area (TPSA) is 123 Å². The van der Waals surface area contributed by atoms with Gasteiger partial charge in [-0.25, -0.2) is 9.59 Å². The van der Waals surface area contributed by atoms with Gasteiger partial charge in [0, 0.05) is 26.0 Å². The second-order valence-corrected chi connectivity index (χ2v) is 5.76. The molecule has 0 spiro atoms. The fraction of sp³-hybridized carbons (Fsp3) is 0.211. The van der Waals surface area contributed by atoms with Gasteiger partial charge in [-0.1, -0.05) is 0 Å². The molecule has 0 aliphatic heterocycles. The van der Waals surface area contributed by atoms with Gasteiger partial charge in [-0.2, -0.15) is 5.26 Å². The number of nitriles is 1. The molecule has 1 amide bonds. The van der Waals surface area contributed by atoms with Crippen molar-refractivity contribution in [3.63, 3.8) is 0 Å². The van der Waals surface area contributed by atoms with Crippen LogP contribution < -0.4 is 16.6 Å². The molecule has 0 radical (unpaired) electrons. The fourth-order valence-corrected chi connectivity index (χ4v) is 2.34. The Labute approximate surface area is 160 Å². The lowest BCUT2D eigenvalue weighted by Gasteiger charge is -2.07. The van der Waals surface area contributed by atoms with Crippen molar-refractivity contribution in [2.24, 2.45) is 14.1 Å². The molecular weight excluding hydrogens is 364 g/mol. The number of anilines is 1. The molecule has 1 aromatic heterocycles. The summed E-state index contributed by atoms with van der Waals surface area (Å²) in [6.45, 7) is 1.94. The third-order valence-electron chi connectivity index (χ3n) is 3.79. The number of hydrogen-bond acceptors (Lipinski definition) is 6. The first-order valence-corrected chi connectivity index (χ1v) is 8.25. The largest absolute Gasteiger partial charge is 0.462 e. The molecule has 2 aromatic rings. The van der Waals surface area contributed by atoms with Gasteiger partial charge in [0.25, 0.3) is 11.5 Å². The Bertz CT molecular complexity index is 1100. The minimum Gasteiger partial charge on any atom is -0.462 e. The molecule has 0 unspecified atom stereocenters. The van der Waals surface area contributed by atoms with E-state index in [9.17, 15) is 24.4 Å². The number of ether oxygens (including phenoxy) is 1. The Balaban J connectivity index is 2.27. The van der Waals surface area contributed by atoms with Crippen molar-refractivity contribution < 1.29 is 14.3 Å². The Hall–Kier alpha value is -3.93. The smallest absolute Gasteiger partial charge is 0.338 e. The van der Waals surface area contributed by atoms with Gasteiger partial charge in [-0.3, -0.25) is 14.2 Å². The number of nitrogens with zero attached hydrogens (tertiary/aromatic N) is 3. The number of carbonyl (C=O) groups is 2. The molecule has 0 aliphatic rings. The van der Waals surface area contributed by atoms with Crippen LogP contribution >= 0.6 is 0 Å². The van der Waals surface area contributed by atoms with E-state index in [4.69, 9.17) is 4.74 Å². The first kappa shape index (κ1) is 20.4. The summed E-state index contributed by atoms with van der Waals surface area (Å²) >= 11 is 0. The van der Waals surface area contributed by atoms with Crippen LogP contribution in [-0.2, 0) is 23.6 Å². The molecule has 0 saturated carbocycles. The minimum absolute atomic E-state index is 0.0222. The molecule has 0 atom stereocenters. The summed E-state index contributed by atoms with van der Waals surface area (Å²) in [6.07, 6.45) is 2.37. The molecule has 0 saturated heterocycles. The Morgan fingerprint density at radius 2 is 1.86 bits per heavy atom. The predicted octanol–water partition coefficient (Wildman–Crippen LogP) is 0.806. The van der Waals surface area contributed by atoms with E-state index < -0.39 is 23.1 Å². The number of nitrogens with one attached hydrogen (secondary N) is 1. The fourth-order valence-electron chi connectivity index (χ4n) is 2.34. The highest BCUT2D eigenvalue weighted by Gasteiger charge is 2.13. The molecule has 1 aromatic carbocycles. The number of rotatable bonds is 5. The Morgan fingerprint density at radius 3 is 2.43 bits per heavy atom. The summed E-state index contributed by atoms with van der Waals surface area (Å²) in [5.74, 6) is -1.22. The van der Waals surface area contributed by atoms with Crippen LogP contribution in [0.15, 0.2) is 45.6 Å². The summed E-state index contributed by atoms with van der Waals surface area (Å²) in [7, 11) is 2.76. The molecule has 0 aliphatic carbocycles. The van der Waals surface area contributed by atoms with Crippen LogP contribution in [0.4, 0.5) is 5.69 Å². The molecule has 2 rings (SSSR count). The van der Waals surface area contributed by atoms with Crippen molar-refractivity contribution in [1.82, 2.24) is 9.13 Å². The van der Waals surface area contributed by atoms with Gasteiger partial charge in [0.05, 0.1) is 17.7 Å². The maximum Gasteiger partial charge on any atom is 0.338 e. The second-order valence-electron chi connectivity index (χ2n) is 5.76. The maximum atomic E-state index is 12.3. The zero-order valence-corrected chi connectivity index (χ0v) is 15.6. The first-order valence-electron chi connectivity index (χ1n) is 8.25. The summed E-state index contributed by atoms with van der Waals surface area (Å²) in [5.41, 5.74) is -0.759. The van der Waals surface area contributed by atoms with E-state index in [-0.39, 0.29) is 17.7 Å². The maximum absolute atomic E-state index is 12.3. The lowest BCUT2D eigenvalue weighted by atomic mass is 10.1. The van der Waals surface area contributed by atoms with E-state index in [1.807, 2.05) is 0 Å². The van der Waals surface area contributed by atoms with Crippen molar-refractivity contribution in [2.45, 2.75) is 6.92 Å². The highest BCUT2D eigenvalue weighted by Crippen LogP contribution is 2.12. The van der Waals surface area contributed by atoms with Crippen molar-refractivity contribution in [3.8, 4) is 6.07 Å². The van der Waals surface area contributed by atoms with Crippen LogP contribution in [0.1, 0.15) is 22.8 Å². The highest BCUT2D eigenvalue weighted by atomic mass is 16.5. The average Bonchev–Trinajstić information content (AvgIpc) is 2.68. The third-order valence-corrected chi connectivity index (χ3v) is 3.79. The van der Waals surface area contributed by atoms with E-state index in [0.717, 1.165) is 10.6 Å². The van der Waals surface area contributed by atoms with Gasteiger partial charge in [0.1, 0.15) is 11.6 Å². The van der Waals surface area contributed by atoms with E-state index in [1.165, 1.54) is 49.1 Å². The van der Waals surface area contributed by atoms with Crippen LogP contribution in [0.3, 0.4) is 0 Å². The summed E-state index contributed by atoms with van der Waals surface area (Å²) in [6, 6.07) is 7.67. The molecule has 1 heterocycles. The van der Waals surface area contributed by atoms with Crippen LogP contribution in [0.5, 0.6) is 0 Å². The van der Waals surface area contributed by atoms with E-state index >= 15 is 0 Å². The van der Waals surface area contributed by atoms with E-state index in [2.05, 4.69) is 5.32 Å². The summed E-state index contributed by atoms with van der Waals surface area (Å²) in [5, 5.41) is 11.8. The van der Waals surface area contributed by atoms with Gasteiger partial charge in [-0.15, -0.1) is 0 Å². The number of aryl methyl sites for hydroxylation is 1. The molecule has 9 heteroatoms. The van der Waals surface area contributed by atoms with Gasteiger partial charge >= 0.3 is 11.7 Å². The third kappa shape index (κ3) is 4.42. The number of amides is 1. The highest BCUT2D eigenvalue weighted by molar-refractivity contribution is 6.09. The van der Waals surface area contributed by atoms with Crippen LogP contribution in [0.25, 0.3) is 6.08 Å². The Morgan fingerprint density at radius 1 is 1.21 bits per heavy atom. The minimum atomic E-state index is -0.734. The Kier molecular flexibility index (Phi) is 6.29. The zero-order valence-electron chi connectivity index (χ0n) is 15.6. The van der Waals surface area contributed by atoms with Crippen LogP contribution in [0, 0.1) is 11.3 Å². The van der Waals surface area contributed by atoms with Gasteiger partial charge in [0.2, 0.25) is 0 Å². The zero-order chi connectivity index (χ0) is 20.8. The standard InChI is InChI=1S/C19H18N4O5/c1-4-28-18(26)12-5-7-15(8-6-12)21-16(24)13(10-20)9-14-11-22(2)19(27)23(3)17(14)25/h5-9,11H,4H2,1-3H3,(H,21,24)/b13-9+. The monoisotopic (exact) mass is 382 g/mol. The number of esters is 1. The van der Waals surface area contributed by atoms with Crippen molar-refractivity contribution in [1.29, 1.82) is 5.26 Å². The molecule has 28 heavy (non-hydrogen) atoms. The lowest BCUT2D eigenvalue weighted by Crippen LogP contribution is -2.37. The second kappa shape index (κ2) is 8.64. The lowest BCUT2D eigenvalue weighted by molar-refractivity contribution is -0.112. The van der Waals surface area contributed by atoms with Crippen molar-refractivity contribution in [2.75, 3.05) is 11.9 Å². The van der Waals surface area contributed by atoms with E-state index in [0.29, 0.717) is 11.3 Å². The van der Waals surface area contributed by atoms with Gasteiger partial charge in [-0.05, 0) is 37.3 Å². The summed E-state index contributed by atoms with van der Waals surface area (Å²) in [4.78, 5) is 47.8.